The van der Waals surface area contributed by atoms with Crippen molar-refractivity contribution >= 4 is 17.9 Å². The van der Waals surface area contributed by atoms with E-state index >= 15 is 0 Å². The van der Waals surface area contributed by atoms with Crippen LogP contribution in [0.15, 0.2) is 95.0 Å². The number of hydrogen-bond donors (Lipinski definition) is 2. The molecule has 0 fully saturated rings. The number of carbonyl (C=O) groups is 1. The second-order valence-electron chi connectivity index (χ2n) is 8.70. The van der Waals surface area contributed by atoms with Crippen LogP contribution in [0.3, 0.4) is 0 Å². The molecular formula is C29H28N4O5. The molecule has 1 heterocycles. The van der Waals surface area contributed by atoms with Crippen molar-refractivity contribution in [1.29, 1.82) is 0 Å². The van der Waals surface area contributed by atoms with Crippen LogP contribution in [0, 0.1) is 0 Å². The maximum atomic E-state index is 12.9. The highest BCUT2D eigenvalue weighted by Crippen LogP contribution is 2.44. The molecule has 0 spiro atoms. The zero-order chi connectivity index (χ0) is 26.8. The van der Waals surface area contributed by atoms with Crippen LogP contribution in [0.4, 0.5) is 0 Å². The largest absolute Gasteiger partial charge is 0.494 e. The number of nitrogens with zero attached hydrogens (tertiary/aromatic N) is 4. The van der Waals surface area contributed by atoms with Gasteiger partial charge in [-0.15, -0.1) is 0 Å². The lowest BCUT2D eigenvalue weighted by atomic mass is 9.83. The third-order valence-corrected chi connectivity index (χ3v) is 6.19. The Labute approximate surface area is 220 Å². The van der Waals surface area contributed by atoms with E-state index in [1.165, 1.54) is 0 Å². The number of rotatable bonds is 12. The van der Waals surface area contributed by atoms with Gasteiger partial charge in [-0.2, -0.15) is 0 Å². The van der Waals surface area contributed by atoms with Crippen LogP contribution in [-0.2, 0) is 16.1 Å². The van der Waals surface area contributed by atoms with E-state index in [2.05, 4.69) is 15.0 Å². The molecule has 0 aliphatic carbocycles. The van der Waals surface area contributed by atoms with Crippen molar-refractivity contribution in [3.63, 3.8) is 0 Å². The Kier molecular flexibility index (Phi) is 8.77. The van der Waals surface area contributed by atoms with E-state index in [-0.39, 0.29) is 25.5 Å². The van der Waals surface area contributed by atoms with Gasteiger partial charge in [-0.3, -0.25) is 0 Å². The maximum absolute atomic E-state index is 12.9. The summed E-state index contributed by atoms with van der Waals surface area (Å²) < 4.78 is 11.9. The van der Waals surface area contributed by atoms with Gasteiger partial charge >= 0.3 is 5.97 Å². The monoisotopic (exact) mass is 512 g/mol. The van der Waals surface area contributed by atoms with Crippen LogP contribution in [0.1, 0.15) is 41.2 Å². The zero-order valence-corrected chi connectivity index (χ0v) is 20.7. The van der Waals surface area contributed by atoms with Gasteiger partial charge in [0.25, 0.3) is 0 Å². The van der Waals surface area contributed by atoms with Gasteiger partial charge < -0.3 is 19.7 Å². The quantitative estimate of drug-likeness (QED) is 0.139. The van der Waals surface area contributed by atoms with E-state index in [1.54, 1.807) is 54.6 Å². The Hall–Kier alpha value is -4.59. The van der Waals surface area contributed by atoms with Crippen molar-refractivity contribution in [2.24, 2.45) is 10.1 Å². The van der Waals surface area contributed by atoms with Gasteiger partial charge in [0.1, 0.15) is 5.75 Å². The van der Waals surface area contributed by atoms with E-state index in [0.29, 0.717) is 35.5 Å². The third-order valence-electron chi connectivity index (χ3n) is 6.19. The first kappa shape index (κ1) is 26.5. The lowest BCUT2D eigenvalue weighted by Gasteiger charge is -2.28. The summed E-state index contributed by atoms with van der Waals surface area (Å²) in [6.07, 6.45) is 3.29. The van der Waals surface area contributed by atoms with Crippen molar-refractivity contribution in [1.82, 2.24) is 0 Å². The minimum atomic E-state index is -1.65. The number of carboxylic acids is 1. The van der Waals surface area contributed by atoms with Gasteiger partial charge in [-0.1, -0.05) is 71.9 Å². The van der Waals surface area contributed by atoms with Crippen molar-refractivity contribution in [3.8, 4) is 5.75 Å². The van der Waals surface area contributed by atoms with Gasteiger partial charge in [-0.25, -0.2) is 9.79 Å². The average molecular weight is 513 g/mol. The second-order valence-corrected chi connectivity index (χ2v) is 8.70. The summed E-state index contributed by atoms with van der Waals surface area (Å²) in [5.41, 5.74) is 10.0. The molecule has 2 atom stereocenters. The van der Waals surface area contributed by atoms with Crippen LogP contribution >= 0.6 is 0 Å². The molecule has 4 rings (SSSR count). The molecule has 1 aliphatic rings. The number of ether oxygens (including phenoxy) is 2. The summed E-state index contributed by atoms with van der Waals surface area (Å²) in [4.78, 5) is 20.4. The molecule has 0 bridgehead atoms. The minimum Gasteiger partial charge on any atom is -0.494 e. The normalized spacial score (nSPS) is 18.4. The fourth-order valence-electron chi connectivity index (χ4n) is 4.26. The van der Waals surface area contributed by atoms with Crippen molar-refractivity contribution in [2.45, 2.75) is 31.0 Å². The molecule has 1 aliphatic heterocycles. The predicted octanol–water partition coefficient (Wildman–Crippen LogP) is 5.70. The molecule has 194 valence electrons. The van der Waals surface area contributed by atoms with Crippen molar-refractivity contribution in [3.05, 3.63) is 118 Å². The number of carboxylic acid groups (broad SMARTS) is 1. The van der Waals surface area contributed by atoms with Gasteiger partial charge in [0.2, 0.25) is 11.4 Å². The topological polar surface area (TPSA) is 137 Å². The number of aliphatic hydroxyl groups excluding tert-OH is 1. The third kappa shape index (κ3) is 6.03. The summed E-state index contributed by atoms with van der Waals surface area (Å²) in [6.45, 7) is 0.478. The van der Waals surface area contributed by atoms with Crippen LogP contribution < -0.4 is 4.74 Å². The number of aliphatic hydroxyl groups is 1. The van der Waals surface area contributed by atoms with Crippen LogP contribution in [-0.4, -0.2) is 40.8 Å². The first-order chi connectivity index (χ1) is 18.6. The number of aliphatic carboxylic acids is 1. The predicted molar refractivity (Wildman–Crippen MR) is 144 cm³/mol. The van der Waals surface area contributed by atoms with Gasteiger partial charge in [0.05, 0.1) is 13.2 Å². The summed E-state index contributed by atoms with van der Waals surface area (Å²) in [5.74, 6) is -0.309. The molecule has 0 radical (unpaired) electrons. The molecular weight excluding hydrogens is 484 g/mol. The minimum absolute atomic E-state index is 0.0429. The smallest absolute Gasteiger partial charge is 0.336 e. The molecule has 2 N–H and O–H groups in total. The Morgan fingerprint density at radius 3 is 2.55 bits per heavy atom. The highest BCUT2D eigenvalue weighted by atomic mass is 16.5. The fraction of sp³-hybridized carbons (Fsp3) is 0.241. The van der Waals surface area contributed by atoms with Crippen molar-refractivity contribution in [2.75, 3.05) is 13.2 Å². The molecule has 0 amide bonds. The Bertz CT molecular complexity index is 1350. The first-order valence-corrected chi connectivity index (χ1v) is 12.2. The maximum Gasteiger partial charge on any atom is 0.336 e. The Morgan fingerprint density at radius 2 is 1.84 bits per heavy atom. The van der Waals surface area contributed by atoms with Gasteiger partial charge in [0, 0.05) is 29.9 Å². The Morgan fingerprint density at radius 1 is 1.11 bits per heavy atom. The number of aliphatic imine (C=N–C) groups is 1. The number of azide groups is 1. The first-order valence-electron chi connectivity index (χ1n) is 12.2. The van der Waals surface area contributed by atoms with Crippen LogP contribution in [0.2, 0.25) is 0 Å². The lowest BCUT2D eigenvalue weighted by molar-refractivity contribution is -0.146. The van der Waals surface area contributed by atoms with E-state index in [4.69, 9.17) is 20.1 Å². The summed E-state index contributed by atoms with van der Waals surface area (Å²) in [7, 11) is 0. The van der Waals surface area contributed by atoms with E-state index in [1.807, 2.05) is 36.4 Å². The molecule has 0 saturated heterocycles. The summed E-state index contributed by atoms with van der Waals surface area (Å²) >= 11 is 0. The highest BCUT2D eigenvalue weighted by Gasteiger charge is 2.53. The average Bonchev–Trinajstić information content (AvgIpc) is 3.34. The summed E-state index contributed by atoms with van der Waals surface area (Å²) in [6, 6.07) is 23.8. The number of benzene rings is 3. The SMILES string of the molecule is [N-]=[N+]=NCc1ccccc1[C@H]1OC(c2ccc(OCCCO)cc2)=N[C@@]1(C/C=C/c1ccccc1)C(=O)O. The molecule has 3 aromatic carbocycles. The molecule has 0 saturated carbocycles. The molecule has 9 nitrogen and oxygen atoms in total. The zero-order valence-electron chi connectivity index (χ0n) is 20.7. The van der Waals surface area contributed by atoms with Crippen molar-refractivity contribution < 1.29 is 24.5 Å². The molecule has 0 aromatic heterocycles. The van der Waals surface area contributed by atoms with Gasteiger partial charge in [0.15, 0.2) is 6.10 Å². The number of hydrogen-bond acceptors (Lipinski definition) is 6. The van der Waals surface area contributed by atoms with E-state index < -0.39 is 17.6 Å². The summed E-state index contributed by atoms with van der Waals surface area (Å²) in [5, 5.41) is 23.2. The fourth-order valence-corrected chi connectivity index (χ4v) is 4.26. The second kappa shape index (κ2) is 12.6. The lowest BCUT2D eigenvalue weighted by Crippen LogP contribution is -2.40. The Balaban J connectivity index is 1.72. The standard InChI is InChI=1S/C29H28N4O5/c30-33-31-20-23-11-4-5-12-25(23)26-29(28(35)36,17-6-10-21-8-2-1-3-9-21)32-27(38-26)22-13-15-24(16-14-22)37-19-7-18-34/h1-6,8-16,26,34H,7,17-20H2,(H,35,36)/b10-6+/t26-,29-/m1/s1. The molecule has 38 heavy (non-hydrogen) atoms. The molecule has 9 heteroatoms. The van der Waals surface area contributed by atoms with E-state index in [9.17, 15) is 9.90 Å². The van der Waals surface area contributed by atoms with Crippen LogP contribution in [0.5, 0.6) is 5.75 Å². The van der Waals surface area contributed by atoms with E-state index in [0.717, 1.165) is 5.56 Å². The molecule has 0 unspecified atom stereocenters. The van der Waals surface area contributed by atoms with Gasteiger partial charge in [-0.05, 0) is 46.5 Å². The molecule has 3 aromatic rings. The highest BCUT2D eigenvalue weighted by molar-refractivity contribution is 5.99. The van der Waals surface area contributed by atoms with Crippen LogP contribution in [0.25, 0.3) is 16.5 Å².